The van der Waals surface area contributed by atoms with Crippen LogP contribution >= 0.6 is 0 Å². The zero-order valence-electron chi connectivity index (χ0n) is 20.9. The van der Waals surface area contributed by atoms with Crippen molar-refractivity contribution in [3.8, 4) is 0 Å². The van der Waals surface area contributed by atoms with Gasteiger partial charge in [-0.05, 0) is 104 Å². The van der Waals surface area contributed by atoms with Gasteiger partial charge in [0, 0.05) is 5.92 Å². The molecule has 2 nitrogen and oxygen atoms in total. The van der Waals surface area contributed by atoms with E-state index in [0.717, 1.165) is 12.8 Å². The van der Waals surface area contributed by atoms with E-state index in [9.17, 15) is 9.90 Å². The molecule has 0 aromatic rings. The molecule has 0 aromatic carbocycles. The Morgan fingerprint density at radius 1 is 1.06 bits per heavy atom. The third-order valence-electron chi connectivity index (χ3n) is 10.6. The van der Waals surface area contributed by atoms with Crippen LogP contribution in [-0.4, -0.2) is 17.0 Å². The molecular formula is C29H46O2. The lowest BCUT2D eigenvalue weighted by atomic mass is 9.46. The Labute approximate surface area is 191 Å². The van der Waals surface area contributed by atoms with Crippen LogP contribution in [0.2, 0.25) is 0 Å². The van der Waals surface area contributed by atoms with E-state index in [-0.39, 0.29) is 22.9 Å². The predicted octanol–water partition coefficient (Wildman–Crippen LogP) is 6.98. The highest BCUT2D eigenvalue weighted by molar-refractivity contribution is 5.94. The van der Waals surface area contributed by atoms with Crippen molar-refractivity contribution >= 4 is 5.78 Å². The summed E-state index contributed by atoms with van der Waals surface area (Å²) in [6, 6.07) is 0. The van der Waals surface area contributed by atoms with Gasteiger partial charge in [-0.25, -0.2) is 0 Å². The number of fused-ring (bicyclic) bond motifs is 5. The fourth-order valence-corrected chi connectivity index (χ4v) is 8.57. The Hall–Kier alpha value is -0.890. The lowest BCUT2D eigenvalue weighted by Gasteiger charge is -2.57. The fraction of sp³-hybridized carbons (Fsp3) is 0.828. The summed E-state index contributed by atoms with van der Waals surface area (Å²) in [4.78, 5) is 13.5. The number of aliphatic hydroxyl groups is 1. The van der Waals surface area contributed by atoms with Gasteiger partial charge in [0.2, 0.25) is 0 Å². The number of ketones is 1. The van der Waals surface area contributed by atoms with E-state index in [0.29, 0.717) is 47.7 Å². The second-order valence-corrected chi connectivity index (χ2v) is 12.4. The van der Waals surface area contributed by atoms with Crippen LogP contribution in [0.15, 0.2) is 23.8 Å². The van der Waals surface area contributed by atoms with Crippen LogP contribution in [0, 0.1) is 52.3 Å². The van der Waals surface area contributed by atoms with Crippen molar-refractivity contribution in [1.29, 1.82) is 0 Å². The summed E-state index contributed by atoms with van der Waals surface area (Å²) in [5.41, 5.74) is 1.68. The van der Waals surface area contributed by atoms with Gasteiger partial charge in [-0.3, -0.25) is 4.79 Å². The number of allylic oxidation sites excluding steroid dienone is 3. The van der Waals surface area contributed by atoms with Crippen molar-refractivity contribution in [2.45, 2.75) is 99.0 Å². The van der Waals surface area contributed by atoms with Crippen molar-refractivity contribution in [2.24, 2.45) is 52.3 Å². The first-order valence-electron chi connectivity index (χ1n) is 13.2. The summed E-state index contributed by atoms with van der Waals surface area (Å²) in [6.07, 6.45) is 15.6. The van der Waals surface area contributed by atoms with Crippen molar-refractivity contribution < 1.29 is 9.90 Å². The minimum Gasteiger partial charge on any atom is -0.393 e. The summed E-state index contributed by atoms with van der Waals surface area (Å²) in [7, 11) is 0. The molecule has 0 saturated heterocycles. The van der Waals surface area contributed by atoms with Gasteiger partial charge in [0.05, 0.1) is 6.10 Å². The molecule has 174 valence electrons. The maximum Gasteiger partial charge on any atom is 0.159 e. The maximum absolute atomic E-state index is 13.5. The molecule has 0 aromatic heterocycles. The molecular weight excluding hydrogens is 380 g/mol. The highest BCUT2D eigenvalue weighted by Crippen LogP contribution is 2.66. The number of rotatable bonds is 5. The molecule has 4 rings (SSSR count). The standard InChI is InChI=1S/C29H46O2/c1-7-20(18(2)3)9-8-19(4)23-10-11-24-27-25(13-15-29(23,24)6)28(5)14-12-22(30)16-21(28)17-26(27)31/h8-9,17-20,22-25,27,30H,7,10-16H2,1-6H3/t19?,20?,22-,23+,24?,25?,27?,28-,29+/m0/s1. The number of carbonyl (C=O) groups excluding carboxylic acids is 1. The van der Waals surface area contributed by atoms with Crippen LogP contribution in [0.25, 0.3) is 0 Å². The Morgan fingerprint density at radius 2 is 1.81 bits per heavy atom. The highest BCUT2D eigenvalue weighted by Gasteiger charge is 2.61. The molecule has 0 amide bonds. The molecule has 0 radical (unpaired) electrons. The molecule has 4 aliphatic rings. The van der Waals surface area contributed by atoms with Crippen LogP contribution in [0.1, 0.15) is 92.9 Å². The Kier molecular flexibility index (Phi) is 6.36. The normalized spacial score (nSPS) is 44.6. The third kappa shape index (κ3) is 3.79. The first-order valence-corrected chi connectivity index (χ1v) is 13.2. The average Bonchev–Trinajstić information content (AvgIpc) is 3.06. The lowest BCUT2D eigenvalue weighted by molar-refractivity contribution is -0.134. The monoisotopic (exact) mass is 426 g/mol. The number of hydrogen-bond donors (Lipinski definition) is 1. The van der Waals surface area contributed by atoms with E-state index in [2.05, 4.69) is 53.7 Å². The minimum absolute atomic E-state index is 0.133. The quantitative estimate of drug-likeness (QED) is 0.481. The van der Waals surface area contributed by atoms with Gasteiger partial charge in [0.1, 0.15) is 0 Å². The maximum atomic E-state index is 13.5. The number of hydrogen-bond acceptors (Lipinski definition) is 2. The van der Waals surface area contributed by atoms with Crippen LogP contribution in [0.4, 0.5) is 0 Å². The van der Waals surface area contributed by atoms with E-state index in [4.69, 9.17) is 0 Å². The second kappa shape index (κ2) is 8.47. The molecule has 31 heavy (non-hydrogen) atoms. The summed E-state index contributed by atoms with van der Waals surface area (Å²) < 4.78 is 0. The molecule has 0 spiro atoms. The number of carbonyl (C=O) groups is 1. The SMILES string of the molecule is CCC(C=CC(C)[C@H]1CCC2C3C(=O)C=C4C[C@@H](O)CC[C@]4(C)C3CC[C@@]21C)C(C)C. The van der Waals surface area contributed by atoms with Crippen molar-refractivity contribution in [3.05, 3.63) is 23.8 Å². The van der Waals surface area contributed by atoms with Gasteiger partial charge in [0.15, 0.2) is 5.78 Å². The van der Waals surface area contributed by atoms with Crippen LogP contribution < -0.4 is 0 Å². The first kappa shape index (κ1) is 23.3. The van der Waals surface area contributed by atoms with E-state index < -0.39 is 0 Å². The third-order valence-corrected chi connectivity index (χ3v) is 10.6. The zero-order valence-corrected chi connectivity index (χ0v) is 20.9. The van der Waals surface area contributed by atoms with Gasteiger partial charge in [0.25, 0.3) is 0 Å². The molecule has 4 aliphatic carbocycles. The van der Waals surface area contributed by atoms with Gasteiger partial charge >= 0.3 is 0 Å². The molecule has 3 saturated carbocycles. The van der Waals surface area contributed by atoms with Crippen molar-refractivity contribution in [3.63, 3.8) is 0 Å². The van der Waals surface area contributed by atoms with Crippen molar-refractivity contribution in [2.75, 3.05) is 0 Å². The van der Waals surface area contributed by atoms with Crippen molar-refractivity contribution in [1.82, 2.24) is 0 Å². The summed E-state index contributed by atoms with van der Waals surface area (Å²) in [5, 5.41) is 10.2. The smallest absolute Gasteiger partial charge is 0.159 e. The molecule has 1 N–H and O–H groups in total. The van der Waals surface area contributed by atoms with Gasteiger partial charge in [-0.15, -0.1) is 0 Å². The average molecular weight is 427 g/mol. The predicted molar refractivity (Wildman–Crippen MR) is 129 cm³/mol. The van der Waals surface area contributed by atoms with E-state index in [1.807, 2.05) is 6.08 Å². The second-order valence-electron chi connectivity index (χ2n) is 12.4. The highest BCUT2D eigenvalue weighted by atomic mass is 16.3. The molecule has 3 fully saturated rings. The molecule has 0 bridgehead atoms. The Bertz CT molecular complexity index is 748. The lowest BCUT2D eigenvalue weighted by Crippen LogP contribution is -2.53. The fourth-order valence-electron chi connectivity index (χ4n) is 8.57. The summed E-state index contributed by atoms with van der Waals surface area (Å²) in [5.74, 6) is 4.27. The molecule has 0 heterocycles. The number of aliphatic hydroxyl groups excluding tert-OH is 1. The zero-order chi connectivity index (χ0) is 22.6. The summed E-state index contributed by atoms with van der Waals surface area (Å²) in [6.45, 7) is 14.3. The van der Waals surface area contributed by atoms with Crippen LogP contribution in [0.3, 0.4) is 0 Å². The Balaban J connectivity index is 1.57. The van der Waals surface area contributed by atoms with Crippen LogP contribution in [-0.2, 0) is 4.79 Å². The molecule has 2 heteroatoms. The van der Waals surface area contributed by atoms with E-state index in [1.165, 1.54) is 37.7 Å². The topological polar surface area (TPSA) is 37.3 Å². The largest absolute Gasteiger partial charge is 0.393 e. The van der Waals surface area contributed by atoms with Crippen LogP contribution in [0.5, 0.6) is 0 Å². The molecule has 0 aliphatic heterocycles. The van der Waals surface area contributed by atoms with E-state index >= 15 is 0 Å². The first-order chi connectivity index (χ1) is 14.6. The Morgan fingerprint density at radius 3 is 2.48 bits per heavy atom. The van der Waals surface area contributed by atoms with E-state index in [1.54, 1.807) is 0 Å². The molecule has 9 atom stereocenters. The summed E-state index contributed by atoms with van der Waals surface area (Å²) >= 11 is 0. The minimum atomic E-state index is -0.251. The van der Waals surface area contributed by atoms with Gasteiger partial charge in [-0.1, -0.05) is 59.3 Å². The van der Waals surface area contributed by atoms with Gasteiger partial charge in [-0.2, -0.15) is 0 Å². The van der Waals surface area contributed by atoms with Gasteiger partial charge < -0.3 is 5.11 Å². The molecule has 5 unspecified atom stereocenters.